The van der Waals surface area contributed by atoms with Crippen LogP contribution in [0.5, 0.6) is 0 Å². The Balaban J connectivity index is 1.46. The maximum Gasteiger partial charge on any atom is 0.172 e. The zero-order valence-corrected chi connectivity index (χ0v) is 15.2. The molecule has 5 rings (SSSR count). The van der Waals surface area contributed by atoms with E-state index in [0.29, 0.717) is 0 Å². The lowest BCUT2D eigenvalue weighted by molar-refractivity contribution is -0.166. The highest BCUT2D eigenvalue weighted by atomic mass is 16.7. The molecule has 5 aliphatic rings. The summed E-state index contributed by atoms with van der Waals surface area (Å²) in [5, 5.41) is 10.6. The molecule has 0 bridgehead atoms. The van der Waals surface area contributed by atoms with Gasteiger partial charge in [-0.15, -0.1) is 0 Å². The zero-order valence-electron chi connectivity index (χ0n) is 15.2. The number of aliphatic hydroxyl groups excluding tert-OH is 1. The molecular weight excluding hydrogens is 300 g/mol. The number of fused-ring (bicyclic) bond motifs is 4. The Morgan fingerprint density at radius 3 is 2.67 bits per heavy atom. The zero-order chi connectivity index (χ0) is 16.5. The van der Waals surface area contributed by atoms with Crippen molar-refractivity contribution in [1.82, 2.24) is 0 Å². The second kappa shape index (κ2) is 5.31. The Hall–Kier alpha value is -0.380. The van der Waals surface area contributed by atoms with Crippen LogP contribution in [0.25, 0.3) is 0 Å². The third-order valence-corrected chi connectivity index (χ3v) is 8.48. The fourth-order valence-corrected chi connectivity index (χ4v) is 7.32. The Morgan fingerprint density at radius 2 is 1.88 bits per heavy atom. The van der Waals surface area contributed by atoms with E-state index in [0.717, 1.165) is 56.1 Å². The van der Waals surface area contributed by atoms with Crippen LogP contribution in [0.3, 0.4) is 0 Å². The molecule has 2 saturated carbocycles. The minimum atomic E-state index is -0.280. The first-order valence-electron chi connectivity index (χ1n) is 10.2. The molecule has 0 amide bonds. The summed E-state index contributed by atoms with van der Waals surface area (Å²) in [7, 11) is 0. The van der Waals surface area contributed by atoms with Gasteiger partial charge < -0.3 is 14.6 Å². The van der Waals surface area contributed by atoms with Gasteiger partial charge in [0.1, 0.15) is 0 Å². The molecule has 0 aromatic heterocycles. The van der Waals surface area contributed by atoms with Crippen LogP contribution in [0.15, 0.2) is 11.1 Å². The van der Waals surface area contributed by atoms with Crippen molar-refractivity contribution in [1.29, 1.82) is 0 Å². The number of rotatable bonds is 0. The highest BCUT2D eigenvalue weighted by Crippen LogP contribution is 2.63. The van der Waals surface area contributed by atoms with Crippen molar-refractivity contribution >= 4 is 0 Å². The van der Waals surface area contributed by atoms with Gasteiger partial charge in [0.05, 0.1) is 19.3 Å². The third kappa shape index (κ3) is 2.07. The topological polar surface area (TPSA) is 38.7 Å². The summed E-state index contributed by atoms with van der Waals surface area (Å²) in [6.07, 6.45) is 9.15. The number of aliphatic hydroxyl groups is 1. The first-order valence-corrected chi connectivity index (χ1v) is 10.2. The Morgan fingerprint density at radius 1 is 1.08 bits per heavy atom. The van der Waals surface area contributed by atoms with Gasteiger partial charge in [-0.05, 0) is 67.6 Å². The van der Waals surface area contributed by atoms with Crippen LogP contribution < -0.4 is 0 Å². The van der Waals surface area contributed by atoms with Gasteiger partial charge in [0.15, 0.2) is 5.79 Å². The summed E-state index contributed by atoms with van der Waals surface area (Å²) in [6.45, 7) is 6.37. The van der Waals surface area contributed by atoms with E-state index in [1.165, 1.54) is 32.1 Å². The van der Waals surface area contributed by atoms with Crippen molar-refractivity contribution < 1.29 is 14.6 Å². The first-order chi connectivity index (χ1) is 11.5. The van der Waals surface area contributed by atoms with Gasteiger partial charge in [-0.25, -0.2) is 0 Å². The van der Waals surface area contributed by atoms with Crippen molar-refractivity contribution in [3.8, 4) is 0 Å². The van der Waals surface area contributed by atoms with Crippen molar-refractivity contribution in [2.45, 2.75) is 77.1 Å². The maximum atomic E-state index is 10.6. The van der Waals surface area contributed by atoms with E-state index in [1.807, 2.05) is 0 Å². The minimum Gasteiger partial charge on any atom is -0.393 e. The Bertz CT molecular complexity index is 561. The molecule has 1 aliphatic heterocycles. The van der Waals surface area contributed by atoms with Gasteiger partial charge in [-0.1, -0.05) is 25.0 Å². The average Bonchev–Trinajstić information content (AvgIpc) is 3.12. The summed E-state index contributed by atoms with van der Waals surface area (Å²) in [4.78, 5) is 0. The second-order valence-corrected chi connectivity index (χ2v) is 9.52. The van der Waals surface area contributed by atoms with Gasteiger partial charge in [0.25, 0.3) is 0 Å². The molecule has 1 heterocycles. The quantitative estimate of drug-likeness (QED) is 0.680. The number of ether oxygens (including phenoxy) is 2. The van der Waals surface area contributed by atoms with Gasteiger partial charge in [0, 0.05) is 12.8 Å². The highest BCUT2D eigenvalue weighted by Gasteiger charge is 2.57. The van der Waals surface area contributed by atoms with E-state index in [1.54, 1.807) is 11.1 Å². The highest BCUT2D eigenvalue weighted by molar-refractivity contribution is 5.29. The number of hydrogen-bond donors (Lipinski definition) is 1. The van der Waals surface area contributed by atoms with Gasteiger partial charge >= 0.3 is 0 Å². The lowest BCUT2D eigenvalue weighted by Crippen LogP contribution is -2.49. The second-order valence-electron chi connectivity index (χ2n) is 9.52. The summed E-state index contributed by atoms with van der Waals surface area (Å²) >= 11 is 0. The van der Waals surface area contributed by atoms with E-state index in [-0.39, 0.29) is 17.3 Å². The van der Waals surface area contributed by atoms with Crippen molar-refractivity contribution in [2.24, 2.45) is 29.1 Å². The van der Waals surface area contributed by atoms with Crippen LogP contribution in [0, 0.1) is 29.1 Å². The number of allylic oxidation sites excluding steroid dienone is 1. The summed E-state index contributed by atoms with van der Waals surface area (Å²) < 4.78 is 12.0. The summed E-state index contributed by atoms with van der Waals surface area (Å²) in [5.41, 5.74) is 3.62. The summed E-state index contributed by atoms with van der Waals surface area (Å²) in [6, 6.07) is 0. The van der Waals surface area contributed by atoms with Crippen LogP contribution in [0.2, 0.25) is 0 Å². The fourth-order valence-electron chi connectivity index (χ4n) is 7.32. The average molecular weight is 332 g/mol. The van der Waals surface area contributed by atoms with E-state index in [9.17, 15) is 5.11 Å². The largest absolute Gasteiger partial charge is 0.393 e. The molecule has 0 aromatic carbocycles. The Kier molecular flexibility index (Phi) is 3.51. The smallest absolute Gasteiger partial charge is 0.172 e. The van der Waals surface area contributed by atoms with Crippen molar-refractivity contribution in [3.05, 3.63) is 11.1 Å². The standard InChI is InChI=1S/C21H32O3/c1-13-11-14-12-21(23-9-10-24-21)8-6-15(14)16-5-7-20(2)17(19(13)16)3-4-18(20)22/h13,16-19,22H,3-12H2,1-2H3/t13-,16?,17?,18?,19?,20+/m1/s1. The van der Waals surface area contributed by atoms with Crippen LogP contribution in [-0.4, -0.2) is 30.2 Å². The third-order valence-electron chi connectivity index (χ3n) is 8.48. The van der Waals surface area contributed by atoms with Gasteiger partial charge in [0.2, 0.25) is 0 Å². The van der Waals surface area contributed by atoms with Crippen LogP contribution >= 0.6 is 0 Å². The Labute approximate surface area is 145 Å². The molecule has 4 aliphatic carbocycles. The lowest BCUT2D eigenvalue weighted by Gasteiger charge is -2.54. The van der Waals surface area contributed by atoms with Gasteiger partial charge in [-0.2, -0.15) is 0 Å². The molecule has 0 radical (unpaired) electrons. The first kappa shape index (κ1) is 15.8. The molecule has 134 valence electrons. The molecular formula is C21H32O3. The van der Waals surface area contributed by atoms with Crippen LogP contribution in [-0.2, 0) is 9.47 Å². The van der Waals surface area contributed by atoms with Crippen LogP contribution in [0.4, 0.5) is 0 Å². The van der Waals surface area contributed by atoms with E-state index >= 15 is 0 Å². The molecule has 3 nitrogen and oxygen atoms in total. The lowest BCUT2D eigenvalue weighted by atomic mass is 9.51. The van der Waals surface area contributed by atoms with E-state index in [4.69, 9.17) is 9.47 Å². The fraction of sp³-hybridized carbons (Fsp3) is 0.905. The molecule has 1 spiro atoms. The molecule has 1 saturated heterocycles. The molecule has 24 heavy (non-hydrogen) atoms. The molecule has 0 aromatic rings. The van der Waals surface area contributed by atoms with Crippen molar-refractivity contribution in [2.75, 3.05) is 13.2 Å². The monoisotopic (exact) mass is 332 g/mol. The number of hydrogen-bond acceptors (Lipinski definition) is 3. The normalized spacial score (nSPS) is 49.9. The molecule has 6 atom stereocenters. The predicted molar refractivity (Wildman–Crippen MR) is 92.3 cm³/mol. The van der Waals surface area contributed by atoms with E-state index < -0.39 is 0 Å². The van der Waals surface area contributed by atoms with Crippen molar-refractivity contribution in [3.63, 3.8) is 0 Å². The molecule has 3 fully saturated rings. The molecule has 1 N–H and O–H groups in total. The van der Waals surface area contributed by atoms with Gasteiger partial charge in [-0.3, -0.25) is 0 Å². The van der Waals surface area contributed by atoms with E-state index in [2.05, 4.69) is 13.8 Å². The maximum absolute atomic E-state index is 10.6. The van der Waals surface area contributed by atoms with Crippen LogP contribution in [0.1, 0.15) is 65.2 Å². The summed E-state index contributed by atoms with van der Waals surface area (Å²) in [5.74, 6) is 2.74. The minimum absolute atomic E-state index is 0.0686. The molecule has 4 unspecified atom stereocenters. The SMILES string of the molecule is C[C@@H]1CC2=C(CCC3(C2)OCCO3)C2CC[C@]3(C)C(O)CCC3C21. The predicted octanol–water partition coefficient (Wildman–Crippen LogP) is 4.05. The molecule has 3 heteroatoms.